The van der Waals surface area contributed by atoms with E-state index >= 15 is 0 Å². The van der Waals surface area contributed by atoms with Crippen LogP contribution in [0.2, 0.25) is 0 Å². The Morgan fingerprint density at radius 3 is 0.750 bits per heavy atom. The van der Waals surface area contributed by atoms with Gasteiger partial charge >= 0.3 is 46.2 Å². The zero-order valence-corrected chi connectivity index (χ0v) is 14.2. The van der Waals surface area contributed by atoms with E-state index in [4.69, 9.17) is 0 Å². The van der Waals surface area contributed by atoms with Crippen LogP contribution in [0, 0.1) is 0 Å². The van der Waals surface area contributed by atoms with E-state index in [-0.39, 0.29) is 117 Å². The molecule has 0 spiro atoms. The molecule has 0 bridgehead atoms. The van der Waals surface area contributed by atoms with E-state index in [2.05, 4.69) is 0 Å². The number of hydrogen-bond donors (Lipinski definition) is 0. The van der Waals surface area contributed by atoms with Gasteiger partial charge in [-0.1, -0.05) is 0 Å². The largest absolute Gasteiger partial charge is 0 e. The number of hydrogen-bond acceptors (Lipinski definition) is 0. The second kappa shape index (κ2) is 91.4. The molecule has 4 nitrogen and oxygen atoms in total. The van der Waals surface area contributed by atoms with Crippen LogP contribution in [0.1, 0.15) is 1.43 Å². The van der Waals surface area contributed by atoms with E-state index in [1.54, 1.807) is 0 Å². The molecular weight excluding hydrogens is 417 g/mol. The van der Waals surface area contributed by atoms with E-state index < -0.39 is 0 Å². The van der Waals surface area contributed by atoms with Crippen LogP contribution in [-0.2, 0) is 47.9 Å². The molecule has 0 fully saturated rings. The average molecular weight is 428 g/mol. The Morgan fingerprint density at radius 2 is 0.750 bits per heavy atom. The van der Waals surface area contributed by atoms with Crippen LogP contribution in [0.4, 0.5) is 0 Å². The predicted octanol–water partition coefficient (Wildman–Crippen LogP) is -7.10. The molecule has 0 aliphatic heterocycles. The first-order chi connectivity index (χ1) is 0. The van der Waals surface area contributed by atoms with Gasteiger partial charge in [0, 0.05) is 47.9 Å². The van der Waals surface area contributed by atoms with Crippen molar-refractivity contribution in [1.29, 1.82) is 0 Å². The first kappa shape index (κ1) is 124. The van der Waals surface area contributed by atoms with Crippen LogP contribution in [0.25, 0.3) is 0 Å². The van der Waals surface area contributed by atoms with Crippen LogP contribution < -0.4 is 18.9 Å². The van der Waals surface area contributed by atoms with Gasteiger partial charge in [0.15, 0.2) is 0 Å². The molecule has 8 N–H and O–H groups in total. The summed E-state index contributed by atoms with van der Waals surface area (Å²) in [6, 6.07) is 0. The molecule has 0 aliphatic rings. The van der Waals surface area contributed by atoms with Gasteiger partial charge in [-0.25, -0.2) is 0 Å². The Balaban J connectivity index is 0. The minimum Gasteiger partial charge on any atom is 0 e. The molecule has 0 unspecified atom stereocenters. The van der Waals surface area contributed by atoms with Crippen LogP contribution in [-0.4, -0.2) is 49.2 Å². The fraction of sp³-hybridized carbons (Fsp3) is 0. The van der Waals surface area contributed by atoms with E-state index in [1.165, 1.54) is 0 Å². The molecule has 0 saturated carbocycles. The third kappa shape index (κ3) is 64.9. The van der Waals surface area contributed by atoms with Crippen molar-refractivity contribution in [3.63, 3.8) is 0 Å². The van der Waals surface area contributed by atoms with Gasteiger partial charge < -0.3 is 23.3 Å². The molecule has 8 heteroatoms. The summed E-state index contributed by atoms with van der Waals surface area (Å²) in [6.45, 7) is 0. The van der Waals surface area contributed by atoms with Crippen LogP contribution in [0.5, 0.6) is 0 Å². The summed E-state index contributed by atoms with van der Waals surface area (Å²) in [5, 5.41) is 0. The Hall–Kier alpha value is 2.96. The van der Waals surface area contributed by atoms with Crippen molar-refractivity contribution in [3.05, 3.63) is 0 Å². The third-order valence-corrected chi connectivity index (χ3v) is 0. The standard InChI is InChI=1S/Li.4H2O.Pb.Ti.Zr.3H/h;4*1H2;;;;;;/q+1;;;;;;;;;;-1. The van der Waals surface area contributed by atoms with Gasteiger partial charge in [0.25, 0.3) is 0 Å². The predicted molar refractivity (Wildman–Crippen MR) is 24.1 cm³/mol. The quantitative estimate of drug-likeness (QED) is 0.340. The van der Waals surface area contributed by atoms with Crippen molar-refractivity contribution < 1.29 is 90.1 Å². The van der Waals surface area contributed by atoms with Crippen molar-refractivity contribution in [1.82, 2.24) is 0 Å². The summed E-state index contributed by atoms with van der Waals surface area (Å²) in [5.74, 6) is 0. The Kier molecular flexibility index (Phi) is 1420. The minimum atomic E-state index is 0. The summed E-state index contributed by atoms with van der Waals surface area (Å²) in [5.41, 5.74) is 0. The smallest absolute Gasteiger partial charge is 0 e. The molecule has 0 rings (SSSR count). The summed E-state index contributed by atoms with van der Waals surface area (Å²) in [4.78, 5) is 0. The molecule has 0 aromatic rings. The Bertz CT molecular complexity index is 20.5. The number of rotatable bonds is 0. The first-order valence-electron chi connectivity index (χ1n) is 0. The zero-order chi connectivity index (χ0) is 0. The van der Waals surface area contributed by atoms with E-state index in [0.29, 0.717) is 0 Å². The summed E-state index contributed by atoms with van der Waals surface area (Å²) >= 11 is 0. The van der Waals surface area contributed by atoms with Crippen molar-refractivity contribution in [2.75, 3.05) is 0 Å². The minimum absolute atomic E-state index is 0. The molecule has 0 aliphatic carbocycles. The summed E-state index contributed by atoms with van der Waals surface area (Å²) in [7, 11) is 0. The zero-order valence-electron chi connectivity index (χ0n) is 5.71. The van der Waals surface area contributed by atoms with E-state index in [1.807, 2.05) is 0 Å². The van der Waals surface area contributed by atoms with Crippen LogP contribution in [0.15, 0.2) is 0 Å². The van der Waals surface area contributed by atoms with E-state index in [0.717, 1.165) is 0 Å². The monoisotopic (exact) mass is 428 g/mol. The molecule has 0 amide bonds. The van der Waals surface area contributed by atoms with Crippen molar-refractivity contribution in [2.24, 2.45) is 0 Å². The maximum Gasteiger partial charge on any atom is 0 e. The van der Waals surface area contributed by atoms with Crippen molar-refractivity contribution in [2.45, 2.75) is 0 Å². The van der Waals surface area contributed by atoms with Gasteiger partial charge in [-0.3, -0.25) is 0 Å². The molecule has 0 aromatic heterocycles. The molecule has 0 aromatic carbocycles. The van der Waals surface area contributed by atoms with Gasteiger partial charge in [-0.05, 0) is 0 Å². The third-order valence-electron chi connectivity index (χ3n) is 0. The molecular formula is H11LiO4PbTiZr. The second-order valence-electron chi connectivity index (χ2n) is 0. The van der Waals surface area contributed by atoms with E-state index in [9.17, 15) is 0 Å². The Morgan fingerprint density at radius 1 is 0.750 bits per heavy atom. The molecule has 8 heavy (non-hydrogen) atoms. The molecule has 0 atom stereocenters. The van der Waals surface area contributed by atoms with Crippen LogP contribution >= 0.6 is 0 Å². The summed E-state index contributed by atoms with van der Waals surface area (Å²) < 4.78 is 0. The van der Waals surface area contributed by atoms with Gasteiger partial charge in [-0.2, -0.15) is 0 Å². The maximum absolute atomic E-state index is 0. The van der Waals surface area contributed by atoms with Gasteiger partial charge in [0.05, 0.1) is 0 Å². The fourth-order valence-corrected chi connectivity index (χ4v) is 0. The summed E-state index contributed by atoms with van der Waals surface area (Å²) in [6.07, 6.45) is 0. The Labute approximate surface area is 116 Å². The van der Waals surface area contributed by atoms with Crippen molar-refractivity contribution >= 4 is 27.3 Å². The molecule has 48 valence electrons. The molecule has 0 heterocycles. The topological polar surface area (TPSA) is 126 Å². The fourth-order valence-electron chi connectivity index (χ4n) is 0. The average Bonchev–Trinajstić information content (AvgIpc) is 0. The molecule has 0 saturated heterocycles. The van der Waals surface area contributed by atoms with Crippen molar-refractivity contribution in [3.8, 4) is 0 Å². The normalized spacial score (nSPS) is 0. The first-order valence-corrected chi connectivity index (χ1v) is 0. The van der Waals surface area contributed by atoms with Gasteiger partial charge in [0.2, 0.25) is 0 Å². The molecule has 2 radical (unpaired) electrons. The van der Waals surface area contributed by atoms with Gasteiger partial charge in [0.1, 0.15) is 0 Å². The van der Waals surface area contributed by atoms with Crippen LogP contribution in [0.3, 0.4) is 0 Å². The second-order valence-corrected chi connectivity index (χ2v) is 0. The van der Waals surface area contributed by atoms with Gasteiger partial charge in [-0.15, -0.1) is 0 Å². The SMILES string of the molecule is O.O.O.O.[H-].[Li+].[PbH2].[Ti].[Zr]. The maximum atomic E-state index is 0.